The van der Waals surface area contributed by atoms with Crippen LogP contribution in [0, 0.1) is 6.92 Å². The third-order valence-corrected chi connectivity index (χ3v) is 5.76. The number of thiazole rings is 1. The number of ether oxygens (including phenoxy) is 1. The predicted molar refractivity (Wildman–Crippen MR) is 111 cm³/mol. The van der Waals surface area contributed by atoms with Crippen LogP contribution >= 0.6 is 22.9 Å². The Morgan fingerprint density at radius 1 is 0.962 bits per heavy atom. The fraction of sp³-hybridized carbons (Fsp3) is 0.571. The van der Waals surface area contributed by atoms with Gasteiger partial charge in [-0.1, -0.05) is 38.5 Å². The van der Waals surface area contributed by atoms with Gasteiger partial charge in [0.15, 0.2) is 0 Å². The topological polar surface area (TPSA) is 42.4 Å². The number of aliphatic hydroxyl groups excluding tert-OH is 1. The predicted octanol–water partition coefficient (Wildman–Crippen LogP) is 6.35. The SMILES string of the molecule is Cc1sc(-c2ccc(OCCCCCCCCCCO)cc2)nc1CCl. The van der Waals surface area contributed by atoms with Crippen molar-refractivity contribution < 1.29 is 9.84 Å². The van der Waals surface area contributed by atoms with Crippen LogP contribution in [-0.2, 0) is 5.88 Å². The monoisotopic (exact) mass is 395 g/mol. The average Bonchev–Trinajstić information content (AvgIpc) is 3.04. The normalized spacial score (nSPS) is 11.0. The maximum absolute atomic E-state index is 8.73. The van der Waals surface area contributed by atoms with Crippen molar-refractivity contribution in [1.29, 1.82) is 0 Å². The fourth-order valence-corrected chi connectivity index (χ4v) is 4.11. The van der Waals surface area contributed by atoms with E-state index in [4.69, 9.17) is 21.4 Å². The lowest BCUT2D eigenvalue weighted by Gasteiger charge is -2.07. The molecule has 2 rings (SSSR count). The third kappa shape index (κ3) is 7.26. The number of aryl methyl sites for hydroxylation is 1. The number of rotatable bonds is 13. The van der Waals surface area contributed by atoms with Gasteiger partial charge in [0, 0.05) is 17.0 Å². The Balaban J connectivity index is 1.62. The number of unbranched alkanes of at least 4 members (excludes halogenated alkanes) is 7. The first-order chi connectivity index (χ1) is 12.7. The first kappa shape index (κ1) is 21.2. The second kappa shape index (κ2) is 12.3. The minimum absolute atomic E-state index is 0.330. The van der Waals surface area contributed by atoms with E-state index in [2.05, 4.69) is 24.0 Å². The average molecular weight is 396 g/mol. The summed E-state index contributed by atoms with van der Waals surface area (Å²) in [4.78, 5) is 5.77. The van der Waals surface area contributed by atoms with Crippen molar-refractivity contribution in [3.05, 3.63) is 34.8 Å². The molecular weight excluding hydrogens is 366 g/mol. The summed E-state index contributed by atoms with van der Waals surface area (Å²) in [6.45, 7) is 3.17. The second-order valence-electron chi connectivity index (χ2n) is 6.58. The van der Waals surface area contributed by atoms with Gasteiger partial charge in [-0.25, -0.2) is 4.98 Å². The molecule has 0 fully saturated rings. The molecule has 1 N–H and O–H groups in total. The van der Waals surface area contributed by atoms with Crippen LogP contribution in [0.25, 0.3) is 10.6 Å². The maximum atomic E-state index is 8.73. The van der Waals surface area contributed by atoms with Crippen LogP contribution in [0.5, 0.6) is 5.75 Å². The number of halogens is 1. The Morgan fingerprint density at radius 2 is 1.58 bits per heavy atom. The highest BCUT2D eigenvalue weighted by atomic mass is 35.5. The summed E-state index contributed by atoms with van der Waals surface area (Å²) in [5.41, 5.74) is 2.09. The van der Waals surface area contributed by atoms with E-state index in [0.29, 0.717) is 12.5 Å². The Bertz CT molecular complexity index is 627. The molecule has 0 aliphatic carbocycles. The summed E-state index contributed by atoms with van der Waals surface area (Å²) in [6, 6.07) is 8.18. The molecule has 0 saturated carbocycles. The molecule has 1 aromatic heterocycles. The van der Waals surface area contributed by atoms with Gasteiger partial charge in [0.25, 0.3) is 0 Å². The van der Waals surface area contributed by atoms with Crippen molar-refractivity contribution in [2.45, 2.75) is 64.2 Å². The van der Waals surface area contributed by atoms with Gasteiger partial charge in [-0.2, -0.15) is 0 Å². The highest BCUT2D eigenvalue weighted by Crippen LogP contribution is 2.29. The molecule has 0 unspecified atom stereocenters. The van der Waals surface area contributed by atoms with E-state index in [1.165, 1.54) is 37.0 Å². The van der Waals surface area contributed by atoms with E-state index in [1.807, 2.05) is 12.1 Å². The van der Waals surface area contributed by atoms with Gasteiger partial charge >= 0.3 is 0 Å². The van der Waals surface area contributed by atoms with Crippen LogP contribution < -0.4 is 4.74 Å². The molecule has 26 heavy (non-hydrogen) atoms. The molecule has 2 aromatic rings. The first-order valence-corrected chi connectivity index (χ1v) is 11.0. The highest BCUT2D eigenvalue weighted by molar-refractivity contribution is 7.15. The van der Waals surface area contributed by atoms with Crippen molar-refractivity contribution in [3.63, 3.8) is 0 Å². The van der Waals surface area contributed by atoms with Gasteiger partial charge in [-0.05, 0) is 44.0 Å². The third-order valence-electron chi connectivity index (χ3n) is 4.44. The molecule has 3 nitrogen and oxygen atoms in total. The molecule has 0 amide bonds. The van der Waals surface area contributed by atoms with Crippen molar-refractivity contribution in [2.75, 3.05) is 13.2 Å². The number of hydrogen-bond donors (Lipinski definition) is 1. The van der Waals surface area contributed by atoms with Gasteiger partial charge in [0.05, 0.1) is 18.2 Å². The van der Waals surface area contributed by atoms with Gasteiger partial charge in [-0.15, -0.1) is 22.9 Å². The largest absolute Gasteiger partial charge is 0.494 e. The van der Waals surface area contributed by atoms with Gasteiger partial charge < -0.3 is 9.84 Å². The number of aliphatic hydroxyl groups is 1. The van der Waals surface area contributed by atoms with Crippen LogP contribution in [0.15, 0.2) is 24.3 Å². The van der Waals surface area contributed by atoms with Crippen LogP contribution in [0.4, 0.5) is 0 Å². The summed E-state index contributed by atoms with van der Waals surface area (Å²) >= 11 is 7.59. The van der Waals surface area contributed by atoms with Crippen molar-refractivity contribution in [1.82, 2.24) is 4.98 Å². The number of nitrogens with zero attached hydrogens (tertiary/aromatic N) is 1. The van der Waals surface area contributed by atoms with E-state index < -0.39 is 0 Å². The molecule has 0 atom stereocenters. The number of aromatic nitrogens is 1. The lowest BCUT2D eigenvalue weighted by Crippen LogP contribution is -1.97. The molecule has 0 spiro atoms. The lowest BCUT2D eigenvalue weighted by molar-refractivity contribution is 0.282. The quantitative estimate of drug-likeness (QED) is 0.317. The maximum Gasteiger partial charge on any atom is 0.123 e. The molecule has 1 heterocycles. The number of hydrogen-bond acceptors (Lipinski definition) is 4. The molecule has 0 aliphatic heterocycles. The zero-order chi connectivity index (χ0) is 18.6. The molecule has 0 radical (unpaired) electrons. The van der Waals surface area contributed by atoms with E-state index >= 15 is 0 Å². The first-order valence-electron chi connectivity index (χ1n) is 9.61. The highest BCUT2D eigenvalue weighted by Gasteiger charge is 2.08. The molecule has 0 saturated heterocycles. The number of benzene rings is 1. The molecule has 0 bridgehead atoms. The standard InChI is InChI=1S/C21H30ClNO2S/c1-17-20(16-22)23-21(26-17)18-10-12-19(13-11-18)25-15-9-7-5-3-2-4-6-8-14-24/h10-13,24H,2-9,14-16H2,1H3. The smallest absolute Gasteiger partial charge is 0.123 e. The zero-order valence-corrected chi connectivity index (χ0v) is 17.2. The van der Waals surface area contributed by atoms with Crippen LogP contribution in [0.2, 0.25) is 0 Å². The summed E-state index contributed by atoms with van der Waals surface area (Å²) < 4.78 is 5.84. The Labute approximate surface area is 166 Å². The Kier molecular flexibility index (Phi) is 10.0. The van der Waals surface area contributed by atoms with Gasteiger partial charge in [-0.3, -0.25) is 0 Å². The minimum atomic E-state index is 0.330. The van der Waals surface area contributed by atoms with Gasteiger partial charge in [0.2, 0.25) is 0 Å². The minimum Gasteiger partial charge on any atom is -0.494 e. The van der Waals surface area contributed by atoms with E-state index in [-0.39, 0.29) is 0 Å². The van der Waals surface area contributed by atoms with Gasteiger partial charge in [0.1, 0.15) is 10.8 Å². The van der Waals surface area contributed by atoms with Crippen LogP contribution in [0.1, 0.15) is 61.9 Å². The summed E-state index contributed by atoms with van der Waals surface area (Å²) in [5, 5.41) is 9.75. The van der Waals surface area contributed by atoms with Crippen molar-refractivity contribution in [2.24, 2.45) is 0 Å². The molecule has 0 aliphatic rings. The van der Waals surface area contributed by atoms with E-state index in [1.54, 1.807) is 11.3 Å². The Morgan fingerprint density at radius 3 is 2.15 bits per heavy atom. The van der Waals surface area contributed by atoms with Crippen LogP contribution in [-0.4, -0.2) is 23.3 Å². The van der Waals surface area contributed by atoms with E-state index in [9.17, 15) is 0 Å². The van der Waals surface area contributed by atoms with Crippen LogP contribution in [0.3, 0.4) is 0 Å². The fourth-order valence-electron chi connectivity index (χ4n) is 2.83. The summed E-state index contributed by atoms with van der Waals surface area (Å²) in [5.74, 6) is 1.38. The molecule has 1 aromatic carbocycles. The molecule has 5 heteroatoms. The number of alkyl halides is 1. The zero-order valence-electron chi connectivity index (χ0n) is 15.7. The lowest BCUT2D eigenvalue weighted by atomic mass is 10.1. The summed E-state index contributed by atoms with van der Waals surface area (Å²) in [6.07, 6.45) is 9.51. The summed E-state index contributed by atoms with van der Waals surface area (Å²) in [7, 11) is 0. The second-order valence-corrected chi connectivity index (χ2v) is 8.05. The van der Waals surface area contributed by atoms with E-state index in [0.717, 1.165) is 47.9 Å². The van der Waals surface area contributed by atoms with Crippen molar-refractivity contribution >= 4 is 22.9 Å². The Hall–Kier alpha value is -1.10. The molecular formula is C21H30ClNO2S. The van der Waals surface area contributed by atoms with Crippen molar-refractivity contribution in [3.8, 4) is 16.3 Å². The molecule has 144 valence electrons.